The summed E-state index contributed by atoms with van der Waals surface area (Å²) in [7, 11) is 0. The Kier molecular flexibility index (Phi) is 11.7. The van der Waals surface area contributed by atoms with Crippen molar-refractivity contribution in [3.63, 3.8) is 0 Å². The number of hydrogen-bond acceptors (Lipinski definition) is 7. The highest BCUT2D eigenvalue weighted by Gasteiger charge is 2.24. The molecular formula is C37H47N3O5. The molecule has 1 atom stereocenters. The topological polar surface area (TPSA) is 77.1 Å². The van der Waals surface area contributed by atoms with Crippen LogP contribution in [0, 0.1) is 0 Å². The van der Waals surface area contributed by atoms with Gasteiger partial charge in [0.1, 0.15) is 0 Å². The lowest BCUT2D eigenvalue weighted by atomic mass is 10.0. The van der Waals surface area contributed by atoms with E-state index in [4.69, 9.17) is 13.9 Å². The molecule has 0 bridgehead atoms. The van der Waals surface area contributed by atoms with Crippen LogP contribution in [-0.2, 0) is 16.0 Å². The molecular weight excluding hydrogens is 566 g/mol. The van der Waals surface area contributed by atoms with Crippen molar-refractivity contribution in [1.29, 1.82) is 0 Å². The molecule has 1 aliphatic rings. The van der Waals surface area contributed by atoms with Crippen molar-refractivity contribution in [3.8, 4) is 11.1 Å². The number of ether oxygens (including phenoxy) is 2. The third kappa shape index (κ3) is 8.78. The Morgan fingerprint density at radius 2 is 1.51 bits per heavy atom. The summed E-state index contributed by atoms with van der Waals surface area (Å²) in [5.41, 5.74) is 5.73. The first-order valence-corrected chi connectivity index (χ1v) is 16.6. The minimum atomic E-state index is -0.858. The van der Waals surface area contributed by atoms with Crippen LogP contribution in [0.2, 0.25) is 0 Å². The van der Waals surface area contributed by atoms with Crippen molar-refractivity contribution in [1.82, 2.24) is 9.47 Å². The maximum atomic E-state index is 12.9. The number of carbonyl (C=O) groups is 1. The number of unbranched alkanes of at least 4 members (excludes halogenated alkanes) is 7. The molecule has 1 fully saturated rings. The fourth-order valence-corrected chi connectivity index (χ4v) is 6.14. The number of fused-ring (bicyclic) bond motifs is 1. The van der Waals surface area contributed by atoms with Gasteiger partial charge in [0, 0.05) is 32.7 Å². The molecule has 1 saturated heterocycles. The number of hydrogen-bond donors (Lipinski definition) is 0. The van der Waals surface area contributed by atoms with E-state index in [1.807, 2.05) is 24.3 Å². The van der Waals surface area contributed by atoms with Gasteiger partial charge in [0.2, 0.25) is 0 Å². The van der Waals surface area contributed by atoms with Gasteiger partial charge in [-0.3, -0.25) is 4.90 Å². The average Bonchev–Trinajstić information content (AvgIpc) is 3.41. The van der Waals surface area contributed by atoms with Crippen molar-refractivity contribution < 1.29 is 18.7 Å². The minimum absolute atomic E-state index is 0.316. The number of oxazole rings is 1. The van der Waals surface area contributed by atoms with E-state index < -0.39 is 18.1 Å². The first-order valence-electron chi connectivity index (χ1n) is 16.6. The van der Waals surface area contributed by atoms with Gasteiger partial charge < -0.3 is 18.8 Å². The van der Waals surface area contributed by atoms with E-state index in [1.165, 1.54) is 53.4 Å². The van der Waals surface area contributed by atoms with E-state index in [2.05, 4.69) is 65.3 Å². The fraction of sp³-hybridized carbons (Fsp3) is 0.459. The molecule has 0 aliphatic carbocycles. The Morgan fingerprint density at radius 1 is 0.822 bits per heavy atom. The highest BCUT2D eigenvalue weighted by atomic mass is 16.7. The molecule has 4 aromatic rings. The molecule has 0 N–H and O–H groups in total. The average molecular weight is 614 g/mol. The highest BCUT2D eigenvalue weighted by Crippen LogP contribution is 2.29. The second kappa shape index (κ2) is 16.3. The number of para-hydroxylation sites is 1. The zero-order chi connectivity index (χ0) is 31.4. The number of carbonyl (C=O) groups excluding carboxylic acids is 1. The van der Waals surface area contributed by atoms with Crippen molar-refractivity contribution >= 4 is 22.9 Å². The lowest BCUT2D eigenvalue weighted by Gasteiger charge is -2.36. The predicted octanol–water partition coefficient (Wildman–Crippen LogP) is 8.40. The summed E-state index contributed by atoms with van der Waals surface area (Å²) >= 11 is 0. The zero-order valence-corrected chi connectivity index (χ0v) is 26.8. The Balaban J connectivity index is 1.13. The third-order valence-corrected chi connectivity index (χ3v) is 8.62. The standard InChI is InChI=1S/C37H47N3O5/c1-3-4-5-6-7-8-9-13-26-43-37(42)44-29(2)40-34-21-15-20-33(35(34)45-36(40)41)39-24-22-38(23-25-39)28-30-16-14-19-32(27-30)31-17-11-10-12-18-31/h10-12,14-21,27,29H,3-9,13,22-26,28H2,1-2H3. The minimum Gasteiger partial charge on any atom is -0.434 e. The number of piperazine rings is 1. The van der Waals surface area contributed by atoms with Crippen molar-refractivity contribution in [2.75, 3.05) is 37.7 Å². The molecule has 5 rings (SSSR count). The van der Waals surface area contributed by atoms with Gasteiger partial charge in [0.15, 0.2) is 11.8 Å². The lowest BCUT2D eigenvalue weighted by Crippen LogP contribution is -2.46. The molecule has 2 heterocycles. The van der Waals surface area contributed by atoms with Crippen LogP contribution in [0.15, 0.2) is 82.0 Å². The summed E-state index contributed by atoms with van der Waals surface area (Å²) in [6.45, 7) is 8.47. The van der Waals surface area contributed by atoms with Crippen LogP contribution in [0.25, 0.3) is 22.2 Å². The van der Waals surface area contributed by atoms with Gasteiger partial charge in [-0.2, -0.15) is 0 Å². The maximum Gasteiger partial charge on any atom is 0.510 e. The van der Waals surface area contributed by atoms with Crippen LogP contribution in [0.1, 0.15) is 77.0 Å². The van der Waals surface area contributed by atoms with Gasteiger partial charge >= 0.3 is 11.9 Å². The number of aromatic nitrogens is 1. The van der Waals surface area contributed by atoms with Crippen molar-refractivity contribution in [2.45, 2.75) is 78.0 Å². The molecule has 1 aromatic heterocycles. The van der Waals surface area contributed by atoms with E-state index in [-0.39, 0.29) is 0 Å². The van der Waals surface area contributed by atoms with Crippen LogP contribution < -0.4 is 10.7 Å². The van der Waals surface area contributed by atoms with Crippen LogP contribution in [0.3, 0.4) is 0 Å². The molecule has 45 heavy (non-hydrogen) atoms. The Hall–Kier alpha value is -4.04. The molecule has 3 aromatic carbocycles. The number of nitrogens with zero attached hydrogens (tertiary/aromatic N) is 3. The fourth-order valence-electron chi connectivity index (χ4n) is 6.14. The van der Waals surface area contributed by atoms with Gasteiger partial charge in [-0.05, 0) is 48.2 Å². The van der Waals surface area contributed by atoms with Crippen LogP contribution in [0.5, 0.6) is 0 Å². The SMILES string of the molecule is CCCCCCCCCCOC(=O)OC(C)n1c(=O)oc2c(N3CCN(Cc4cccc(-c5ccccc5)c4)CC3)cccc21. The number of rotatable bonds is 15. The number of anilines is 1. The molecule has 8 heteroatoms. The van der Waals surface area contributed by atoms with E-state index in [9.17, 15) is 9.59 Å². The zero-order valence-electron chi connectivity index (χ0n) is 26.8. The Bertz CT molecular complexity index is 1560. The second-order valence-electron chi connectivity index (χ2n) is 12.0. The molecule has 8 nitrogen and oxygen atoms in total. The van der Waals surface area contributed by atoms with E-state index in [0.717, 1.165) is 57.7 Å². The first kappa shape index (κ1) is 32.4. The molecule has 0 radical (unpaired) electrons. The van der Waals surface area contributed by atoms with Crippen LogP contribution >= 0.6 is 0 Å². The molecule has 240 valence electrons. The van der Waals surface area contributed by atoms with Gasteiger partial charge in [-0.15, -0.1) is 0 Å². The maximum absolute atomic E-state index is 12.9. The normalized spacial score (nSPS) is 14.5. The van der Waals surface area contributed by atoms with Gasteiger partial charge in [-0.25, -0.2) is 14.2 Å². The quantitative estimate of drug-likeness (QED) is 0.0984. The van der Waals surface area contributed by atoms with E-state index in [0.29, 0.717) is 17.7 Å². The summed E-state index contributed by atoms with van der Waals surface area (Å²) in [4.78, 5) is 30.0. The van der Waals surface area contributed by atoms with Gasteiger partial charge in [-0.1, -0.05) is 106 Å². The molecule has 1 aliphatic heterocycles. The first-order chi connectivity index (χ1) is 22.0. The molecule has 0 amide bonds. The predicted molar refractivity (Wildman–Crippen MR) is 180 cm³/mol. The molecule has 0 saturated carbocycles. The summed E-state index contributed by atoms with van der Waals surface area (Å²) in [5, 5.41) is 0. The lowest BCUT2D eigenvalue weighted by molar-refractivity contribution is 0.00249. The Labute approximate surface area is 266 Å². The van der Waals surface area contributed by atoms with Crippen molar-refractivity contribution in [3.05, 3.63) is 88.9 Å². The summed E-state index contributed by atoms with van der Waals surface area (Å²) in [6, 6.07) is 24.9. The van der Waals surface area contributed by atoms with Crippen molar-refractivity contribution in [2.24, 2.45) is 0 Å². The third-order valence-electron chi connectivity index (χ3n) is 8.62. The monoisotopic (exact) mass is 613 g/mol. The summed E-state index contributed by atoms with van der Waals surface area (Å²) in [5.74, 6) is -0.558. The Morgan fingerprint density at radius 3 is 2.27 bits per heavy atom. The summed E-state index contributed by atoms with van der Waals surface area (Å²) < 4.78 is 17.9. The molecule has 1 unspecified atom stereocenters. The highest BCUT2D eigenvalue weighted by molar-refractivity contribution is 5.87. The summed E-state index contributed by atoms with van der Waals surface area (Å²) in [6.07, 6.45) is 7.69. The van der Waals surface area contributed by atoms with E-state index in [1.54, 1.807) is 6.92 Å². The van der Waals surface area contributed by atoms with Gasteiger partial charge in [0.05, 0.1) is 17.8 Å². The van der Waals surface area contributed by atoms with Crippen LogP contribution in [-0.4, -0.2) is 48.4 Å². The van der Waals surface area contributed by atoms with Crippen LogP contribution in [0.4, 0.5) is 10.5 Å². The smallest absolute Gasteiger partial charge is 0.434 e. The van der Waals surface area contributed by atoms with E-state index >= 15 is 0 Å². The van der Waals surface area contributed by atoms with Gasteiger partial charge in [0.25, 0.3) is 0 Å². The molecule has 0 spiro atoms. The number of benzene rings is 3. The largest absolute Gasteiger partial charge is 0.510 e. The second-order valence-corrected chi connectivity index (χ2v) is 12.0.